The molecule has 7 heteroatoms. The van der Waals surface area contributed by atoms with Crippen LogP contribution in [0.1, 0.15) is 5.56 Å². The zero-order chi connectivity index (χ0) is 17.8. The second-order valence-electron chi connectivity index (χ2n) is 8.41. The van der Waals surface area contributed by atoms with Crippen LogP contribution in [0, 0.1) is 0 Å². The maximum Gasteiger partial charge on any atom is 0.273 e. The highest BCUT2D eigenvalue weighted by atomic mass is 127. The molecule has 5 rings (SSSR count). The summed E-state index contributed by atoms with van der Waals surface area (Å²) in [6.07, 6.45) is -0.0909. The number of quaternary nitrogens is 1. The summed E-state index contributed by atoms with van der Waals surface area (Å²) in [5.74, 6) is 0. The monoisotopic (exact) mass is 476 g/mol. The van der Waals surface area contributed by atoms with Gasteiger partial charge in [-0.3, -0.25) is 0 Å². The first kappa shape index (κ1) is 20.4. The minimum absolute atomic E-state index is 0. The molecule has 4 fully saturated rings. The molecule has 4 bridgehead atoms. The minimum Gasteiger partial charge on any atom is -1.00 e. The van der Waals surface area contributed by atoms with Crippen LogP contribution in [0.3, 0.4) is 0 Å². The van der Waals surface area contributed by atoms with E-state index in [4.69, 9.17) is 18.9 Å². The van der Waals surface area contributed by atoms with Crippen LogP contribution >= 0.6 is 0 Å². The number of benzene rings is 1. The maximum atomic E-state index is 6.37. The first-order valence-corrected chi connectivity index (χ1v) is 8.96. The van der Waals surface area contributed by atoms with E-state index in [0.29, 0.717) is 6.61 Å². The van der Waals surface area contributed by atoms with E-state index >= 15 is 0 Å². The summed E-state index contributed by atoms with van der Waals surface area (Å²) in [4.78, 5) is 2.20. The fourth-order valence-electron chi connectivity index (χ4n) is 4.54. The van der Waals surface area contributed by atoms with Gasteiger partial charge in [-0.1, -0.05) is 30.3 Å². The van der Waals surface area contributed by atoms with Gasteiger partial charge in [0.15, 0.2) is 0 Å². The molecule has 0 spiro atoms. The third-order valence-electron chi connectivity index (χ3n) is 5.57. The van der Waals surface area contributed by atoms with E-state index in [0.717, 1.165) is 10.0 Å². The van der Waals surface area contributed by atoms with Crippen molar-refractivity contribution < 1.29 is 47.4 Å². The van der Waals surface area contributed by atoms with Gasteiger partial charge in [-0.05, 0) is 19.7 Å². The topological polar surface area (TPSA) is 40.2 Å². The molecule has 26 heavy (non-hydrogen) atoms. The number of nitrogens with zero attached hydrogens (tertiary/aromatic N) is 2. The molecule has 4 aliphatic rings. The molecule has 0 aromatic heterocycles. The highest BCUT2D eigenvalue weighted by Gasteiger charge is 2.66. The van der Waals surface area contributed by atoms with E-state index in [1.807, 2.05) is 18.2 Å². The molecule has 3 aliphatic heterocycles. The quantitative estimate of drug-likeness (QED) is 0.366. The number of hydrogen-bond acceptors (Lipinski definition) is 5. The summed E-state index contributed by atoms with van der Waals surface area (Å²) in [6.45, 7) is 0.00129. The van der Waals surface area contributed by atoms with Crippen molar-refractivity contribution in [2.45, 2.75) is 49.6 Å². The van der Waals surface area contributed by atoms with Crippen molar-refractivity contribution in [1.82, 2.24) is 4.90 Å². The Hall–Kier alpha value is -0.290. The maximum absolute atomic E-state index is 6.37. The molecule has 0 radical (unpaired) electrons. The van der Waals surface area contributed by atoms with Gasteiger partial charge in [0.25, 0.3) is 6.48 Å². The Labute approximate surface area is 172 Å². The lowest BCUT2D eigenvalue weighted by atomic mass is 9.77. The first-order valence-electron chi connectivity index (χ1n) is 8.96. The Kier molecular flexibility index (Phi) is 5.99. The Bertz CT molecular complexity index is 609. The summed E-state index contributed by atoms with van der Waals surface area (Å²) in [6, 6.07) is 10.6. The number of halogens is 1. The van der Waals surface area contributed by atoms with Crippen LogP contribution in [-0.2, 0) is 25.6 Å². The van der Waals surface area contributed by atoms with Crippen molar-refractivity contribution in [2.75, 3.05) is 35.2 Å². The van der Waals surface area contributed by atoms with Gasteiger partial charge in [0.05, 0.1) is 33.8 Å². The standard InChI is InChI=1S/C19H29N2O4.HI/c1-20(2)13-15-14(21(3,4)5)17-18(16(13)24-19(23-15)25-17)22-11-12-9-7-6-8-10-12;/h6-10,13-19H,11H2,1-5H3;1H/q+1;/p-1/t13-,14-,15+,16-,17+,18+,19-;/m0./s1. The van der Waals surface area contributed by atoms with Gasteiger partial charge in [0, 0.05) is 0 Å². The molecule has 1 aromatic rings. The van der Waals surface area contributed by atoms with Crippen molar-refractivity contribution in [2.24, 2.45) is 0 Å². The molecule has 7 atom stereocenters. The Morgan fingerprint density at radius 2 is 1.58 bits per heavy atom. The second-order valence-corrected chi connectivity index (χ2v) is 8.41. The zero-order valence-corrected chi connectivity index (χ0v) is 18.2. The summed E-state index contributed by atoms with van der Waals surface area (Å²) < 4.78 is 25.4. The molecule has 146 valence electrons. The zero-order valence-electron chi connectivity index (χ0n) is 16.0. The van der Waals surface area contributed by atoms with E-state index in [1.54, 1.807) is 0 Å². The number of rotatable bonds is 5. The van der Waals surface area contributed by atoms with Crippen LogP contribution in [0.25, 0.3) is 0 Å². The Morgan fingerprint density at radius 1 is 0.962 bits per heavy atom. The van der Waals surface area contributed by atoms with Gasteiger partial charge in [-0.2, -0.15) is 0 Å². The lowest BCUT2D eigenvalue weighted by Gasteiger charge is -2.62. The molecule has 6 nitrogen and oxygen atoms in total. The average molecular weight is 476 g/mol. The van der Waals surface area contributed by atoms with Crippen LogP contribution in [0.4, 0.5) is 0 Å². The number of likely N-dealkylation sites (N-methyl/N-ethyl adjacent to an activating group) is 2. The molecule has 3 saturated heterocycles. The molecule has 1 saturated carbocycles. The van der Waals surface area contributed by atoms with Gasteiger partial charge in [-0.15, -0.1) is 0 Å². The normalized spacial score (nSPS) is 38.5. The molecule has 1 aliphatic carbocycles. The van der Waals surface area contributed by atoms with Crippen LogP contribution in [0.5, 0.6) is 0 Å². The Morgan fingerprint density at radius 3 is 2.19 bits per heavy atom. The lowest BCUT2D eigenvalue weighted by Crippen LogP contribution is -3.00. The van der Waals surface area contributed by atoms with Crippen molar-refractivity contribution in [3.05, 3.63) is 35.9 Å². The summed E-state index contributed by atoms with van der Waals surface area (Å²) in [5, 5.41) is 0. The highest BCUT2D eigenvalue weighted by Crippen LogP contribution is 2.45. The van der Waals surface area contributed by atoms with Gasteiger partial charge in [0.1, 0.15) is 30.5 Å². The third-order valence-corrected chi connectivity index (χ3v) is 5.57. The largest absolute Gasteiger partial charge is 1.00 e. The van der Waals surface area contributed by atoms with Gasteiger partial charge >= 0.3 is 0 Å². The van der Waals surface area contributed by atoms with E-state index < -0.39 is 6.48 Å². The molecule has 3 heterocycles. The molecular weight excluding hydrogens is 447 g/mol. The number of hydrogen-bond donors (Lipinski definition) is 0. The SMILES string of the molecule is CN(C)[C@@H]1[C@@H]2O[C@@H]3O[C@H]1[C@H]([N+](C)(C)C)[C@@H](O3)[C@@H]2OCc1ccccc1.[I-]. The first-order chi connectivity index (χ1) is 11.9. The van der Waals surface area contributed by atoms with Crippen molar-refractivity contribution in [1.29, 1.82) is 0 Å². The molecule has 1 aromatic carbocycles. The van der Waals surface area contributed by atoms with Crippen molar-refractivity contribution in [3.8, 4) is 0 Å². The van der Waals surface area contributed by atoms with Gasteiger partial charge in [-0.25, -0.2) is 0 Å². The lowest BCUT2D eigenvalue weighted by molar-refractivity contribution is -0.912. The Balaban J connectivity index is 0.00000196. The van der Waals surface area contributed by atoms with Gasteiger partial charge < -0.3 is 52.3 Å². The predicted molar refractivity (Wildman–Crippen MR) is 92.7 cm³/mol. The summed E-state index contributed by atoms with van der Waals surface area (Å²) in [5.41, 5.74) is 1.16. The number of ether oxygens (including phenoxy) is 4. The van der Waals surface area contributed by atoms with Crippen molar-refractivity contribution >= 4 is 0 Å². The average Bonchev–Trinajstić information content (AvgIpc) is 2.53. The second kappa shape index (κ2) is 7.62. The van der Waals surface area contributed by atoms with E-state index in [-0.39, 0.29) is 60.5 Å². The molecule has 0 N–H and O–H groups in total. The van der Waals surface area contributed by atoms with Gasteiger partial charge in [0.2, 0.25) is 0 Å². The van der Waals surface area contributed by atoms with E-state index in [2.05, 4.69) is 52.3 Å². The summed E-state index contributed by atoms with van der Waals surface area (Å²) >= 11 is 0. The minimum atomic E-state index is -0.560. The van der Waals surface area contributed by atoms with Crippen LogP contribution in [0.2, 0.25) is 0 Å². The van der Waals surface area contributed by atoms with Crippen LogP contribution in [0.15, 0.2) is 30.3 Å². The predicted octanol–water partition coefficient (Wildman–Crippen LogP) is -1.94. The van der Waals surface area contributed by atoms with E-state index in [1.165, 1.54) is 0 Å². The molecule has 0 unspecified atom stereocenters. The smallest absolute Gasteiger partial charge is 0.273 e. The van der Waals surface area contributed by atoms with E-state index in [9.17, 15) is 0 Å². The summed E-state index contributed by atoms with van der Waals surface area (Å²) in [7, 11) is 10.8. The van der Waals surface area contributed by atoms with Crippen LogP contribution in [-0.4, -0.2) is 87.6 Å². The van der Waals surface area contributed by atoms with Crippen molar-refractivity contribution in [3.63, 3.8) is 0 Å². The molecule has 0 amide bonds. The fourth-order valence-corrected chi connectivity index (χ4v) is 4.54. The highest BCUT2D eigenvalue weighted by molar-refractivity contribution is 5.14. The third kappa shape index (κ3) is 3.55. The van der Waals surface area contributed by atoms with Crippen LogP contribution < -0.4 is 24.0 Å². The fraction of sp³-hybridized carbons (Fsp3) is 0.684. The molecular formula is C19H29IN2O4.